The van der Waals surface area contributed by atoms with Gasteiger partial charge in [0.2, 0.25) is 0 Å². The number of ether oxygens (including phenoxy) is 1. The fourth-order valence-electron chi connectivity index (χ4n) is 2.08. The van der Waals surface area contributed by atoms with E-state index >= 15 is 0 Å². The molecule has 1 N–H and O–H groups in total. The van der Waals surface area contributed by atoms with Gasteiger partial charge in [0.15, 0.2) is 0 Å². The summed E-state index contributed by atoms with van der Waals surface area (Å²) in [5, 5.41) is 16.2. The molecule has 1 heterocycles. The van der Waals surface area contributed by atoms with Gasteiger partial charge in [-0.25, -0.2) is 4.68 Å². The number of carbonyl (C=O) groups excluding carboxylic acids is 1. The number of ketones is 1. The lowest BCUT2D eigenvalue weighted by molar-refractivity contribution is -0.121. The number of aliphatic hydroxyl groups excluding tert-OH is 1. The Bertz CT molecular complexity index is 495. The Hall–Kier alpha value is -1.27. The molecule has 6 nitrogen and oxygen atoms in total. The molecule has 0 fully saturated rings. The van der Waals surface area contributed by atoms with E-state index in [2.05, 4.69) is 38.0 Å². The summed E-state index contributed by atoms with van der Waals surface area (Å²) in [4.78, 5) is 11.6. The first-order valence-corrected chi connectivity index (χ1v) is 10.8. The highest BCUT2D eigenvalue weighted by atomic mass is 16.5. The average Bonchev–Trinajstić information content (AvgIpc) is 3.07. The number of carbonyl (C=O) groups is 1. The molecule has 0 aliphatic heterocycles. The van der Waals surface area contributed by atoms with Gasteiger partial charge in [-0.05, 0) is 32.6 Å². The smallest absolute Gasteiger partial charge is 0.135 e. The van der Waals surface area contributed by atoms with Gasteiger partial charge < -0.3 is 9.84 Å². The van der Waals surface area contributed by atoms with E-state index in [0.717, 1.165) is 25.1 Å². The minimum atomic E-state index is -0.270. The third kappa shape index (κ3) is 15.8. The molecule has 0 aromatic carbocycles. The van der Waals surface area contributed by atoms with E-state index in [1.54, 1.807) is 0 Å². The van der Waals surface area contributed by atoms with Crippen LogP contribution in [0.5, 0.6) is 0 Å². The minimum absolute atomic E-state index is 0.0864. The summed E-state index contributed by atoms with van der Waals surface area (Å²) in [6.07, 6.45) is 5.04. The van der Waals surface area contributed by atoms with Crippen LogP contribution in [0.4, 0.5) is 0 Å². The van der Waals surface area contributed by atoms with Crippen LogP contribution >= 0.6 is 0 Å². The van der Waals surface area contributed by atoms with E-state index in [4.69, 9.17) is 9.84 Å². The predicted molar refractivity (Wildman–Crippen MR) is 116 cm³/mol. The summed E-state index contributed by atoms with van der Waals surface area (Å²) in [7, 11) is 0. The van der Waals surface area contributed by atoms with Gasteiger partial charge in [-0.15, -0.1) is 5.10 Å². The second-order valence-corrected chi connectivity index (χ2v) is 8.04. The van der Waals surface area contributed by atoms with E-state index in [9.17, 15) is 4.79 Å². The van der Waals surface area contributed by atoms with Crippen LogP contribution in [0.25, 0.3) is 0 Å². The minimum Gasteiger partial charge on any atom is -0.396 e. The highest BCUT2D eigenvalue weighted by Crippen LogP contribution is 2.14. The van der Waals surface area contributed by atoms with E-state index in [0.29, 0.717) is 31.9 Å². The number of aliphatic hydroxyl groups is 1. The van der Waals surface area contributed by atoms with Crippen molar-refractivity contribution in [2.45, 2.75) is 100 Å². The molecule has 0 saturated heterocycles. The van der Waals surface area contributed by atoms with Crippen molar-refractivity contribution in [2.24, 2.45) is 11.8 Å². The van der Waals surface area contributed by atoms with Crippen LogP contribution in [0.2, 0.25) is 0 Å². The van der Waals surface area contributed by atoms with Crippen LogP contribution in [-0.2, 0) is 22.5 Å². The van der Waals surface area contributed by atoms with Crippen molar-refractivity contribution in [1.29, 1.82) is 0 Å². The second-order valence-electron chi connectivity index (χ2n) is 8.04. The Morgan fingerprint density at radius 1 is 1.25 bits per heavy atom. The standard InChI is InChI=1S/C17H31N3O2.C3H8O.C2H6/c1-13(2)9-10-22-17(5,6)12-20-11-15(18-19-20)7-8-16(21)14(3)4;1-2-3-4;1-2/h11,13-14H,7-10,12H2,1-6H3;4H,2-3H2,1H3;1-2H3. The number of Topliss-reactive ketones (excluding diaryl/α,β-unsaturated/α-hetero) is 1. The van der Waals surface area contributed by atoms with Gasteiger partial charge in [0.1, 0.15) is 5.78 Å². The van der Waals surface area contributed by atoms with Crippen LogP contribution in [-0.4, -0.2) is 44.7 Å². The molecular weight excluding hydrogens is 354 g/mol. The normalized spacial score (nSPS) is 11.0. The molecule has 0 aliphatic rings. The van der Waals surface area contributed by atoms with Gasteiger partial charge >= 0.3 is 0 Å². The van der Waals surface area contributed by atoms with Crippen LogP contribution in [0.1, 0.15) is 87.3 Å². The number of aromatic nitrogens is 3. The molecule has 1 aromatic rings. The van der Waals surface area contributed by atoms with Crippen molar-refractivity contribution >= 4 is 5.78 Å². The van der Waals surface area contributed by atoms with Crippen molar-refractivity contribution < 1.29 is 14.6 Å². The first kappa shape index (κ1) is 28.9. The molecule has 0 unspecified atom stereocenters. The van der Waals surface area contributed by atoms with Crippen LogP contribution < -0.4 is 0 Å². The van der Waals surface area contributed by atoms with Crippen LogP contribution in [0, 0.1) is 11.8 Å². The molecule has 0 spiro atoms. The predicted octanol–water partition coefficient (Wildman–Crippen LogP) is 4.69. The van der Waals surface area contributed by atoms with Gasteiger partial charge in [-0.3, -0.25) is 4.79 Å². The maximum absolute atomic E-state index is 11.6. The molecule has 1 aromatic heterocycles. The maximum Gasteiger partial charge on any atom is 0.135 e. The number of rotatable bonds is 11. The lowest BCUT2D eigenvalue weighted by atomic mass is 10.0. The zero-order valence-electron chi connectivity index (χ0n) is 19.8. The van der Waals surface area contributed by atoms with E-state index in [1.807, 2.05) is 45.5 Å². The number of aryl methyl sites for hydroxylation is 1. The Labute approximate surface area is 173 Å². The van der Waals surface area contributed by atoms with Crippen molar-refractivity contribution in [3.63, 3.8) is 0 Å². The summed E-state index contributed by atoms with van der Waals surface area (Å²) in [6, 6.07) is 0. The monoisotopic (exact) mass is 399 g/mol. The van der Waals surface area contributed by atoms with Gasteiger partial charge in [0, 0.05) is 38.2 Å². The van der Waals surface area contributed by atoms with E-state index in [1.165, 1.54) is 0 Å². The third-order valence-corrected chi connectivity index (χ3v) is 3.81. The number of nitrogens with zero attached hydrogens (tertiary/aromatic N) is 3. The Kier molecular flexibility index (Phi) is 17.2. The maximum atomic E-state index is 11.6. The Balaban J connectivity index is 0. The molecule has 0 saturated carbocycles. The highest BCUT2D eigenvalue weighted by Gasteiger charge is 2.20. The number of hydrogen-bond donors (Lipinski definition) is 1. The topological polar surface area (TPSA) is 77.2 Å². The lowest BCUT2D eigenvalue weighted by Gasteiger charge is -2.25. The zero-order valence-corrected chi connectivity index (χ0v) is 19.8. The summed E-state index contributed by atoms with van der Waals surface area (Å²) < 4.78 is 7.75. The van der Waals surface area contributed by atoms with Crippen molar-refractivity contribution in [1.82, 2.24) is 15.0 Å². The largest absolute Gasteiger partial charge is 0.396 e. The first-order chi connectivity index (χ1) is 13.1. The SMILES string of the molecule is CC.CC(C)CCOC(C)(C)Cn1cc(CCC(=O)C(C)C)nn1.CCCO. The molecule has 0 amide bonds. The molecule has 0 aliphatic carbocycles. The summed E-state index contributed by atoms with van der Waals surface area (Å²) in [5.41, 5.74) is 0.597. The van der Waals surface area contributed by atoms with Gasteiger partial charge in [0.05, 0.1) is 17.8 Å². The van der Waals surface area contributed by atoms with Gasteiger partial charge in [0.25, 0.3) is 0 Å². The van der Waals surface area contributed by atoms with Crippen molar-refractivity contribution in [3.8, 4) is 0 Å². The summed E-state index contributed by atoms with van der Waals surface area (Å²) in [5.74, 6) is 1.00. The van der Waals surface area contributed by atoms with Crippen molar-refractivity contribution in [3.05, 3.63) is 11.9 Å². The summed E-state index contributed by atoms with van der Waals surface area (Å²) >= 11 is 0. The molecular formula is C22H45N3O3. The van der Waals surface area contributed by atoms with Gasteiger partial charge in [-0.1, -0.05) is 53.7 Å². The third-order valence-electron chi connectivity index (χ3n) is 3.81. The Morgan fingerprint density at radius 2 is 1.82 bits per heavy atom. The second kappa shape index (κ2) is 16.7. The molecule has 0 radical (unpaired) electrons. The average molecular weight is 400 g/mol. The molecule has 1 rings (SSSR count). The fraction of sp³-hybridized carbons (Fsp3) is 0.864. The zero-order chi connectivity index (χ0) is 22.2. The van der Waals surface area contributed by atoms with Crippen LogP contribution in [0.15, 0.2) is 6.20 Å². The fourth-order valence-corrected chi connectivity index (χ4v) is 2.08. The highest BCUT2D eigenvalue weighted by molar-refractivity contribution is 5.80. The first-order valence-electron chi connectivity index (χ1n) is 10.8. The molecule has 0 atom stereocenters. The summed E-state index contributed by atoms with van der Waals surface area (Å²) in [6.45, 7) is 20.0. The molecule has 6 heteroatoms. The molecule has 0 bridgehead atoms. The van der Waals surface area contributed by atoms with E-state index in [-0.39, 0.29) is 17.3 Å². The number of hydrogen-bond acceptors (Lipinski definition) is 5. The van der Waals surface area contributed by atoms with Crippen LogP contribution in [0.3, 0.4) is 0 Å². The van der Waals surface area contributed by atoms with Crippen molar-refractivity contribution in [2.75, 3.05) is 13.2 Å². The Morgan fingerprint density at radius 3 is 2.29 bits per heavy atom. The quantitative estimate of drug-likeness (QED) is 0.584. The molecule has 28 heavy (non-hydrogen) atoms. The lowest BCUT2D eigenvalue weighted by Crippen LogP contribution is -2.31. The van der Waals surface area contributed by atoms with E-state index < -0.39 is 0 Å². The molecule has 166 valence electrons. The van der Waals surface area contributed by atoms with Gasteiger partial charge in [-0.2, -0.15) is 0 Å².